The molecule has 0 fully saturated rings. The van der Waals surface area contributed by atoms with E-state index in [9.17, 15) is 4.79 Å². The summed E-state index contributed by atoms with van der Waals surface area (Å²) in [5, 5.41) is 8.12. The van der Waals surface area contributed by atoms with Crippen LogP contribution in [0.3, 0.4) is 0 Å². The molecule has 6 heteroatoms. The highest BCUT2D eigenvalue weighted by atomic mass is 32.1. The maximum atomic E-state index is 12.4. The molecule has 0 bridgehead atoms. The molecule has 1 aliphatic heterocycles. The van der Waals surface area contributed by atoms with Gasteiger partial charge in [-0.05, 0) is 24.5 Å². The number of rotatable bonds is 3. The van der Waals surface area contributed by atoms with Gasteiger partial charge >= 0.3 is 0 Å². The van der Waals surface area contributed by atoms with Gasteiger partial charge in [0.25, 0.3) is 0 Å². The minimum atomic E-state index is 0.157. The van der Waals surface area contributed by atoms with Gasteiger partial charge in [-0.25, -0.2) is 0 Å². The Kier molecular flexibility index (Phi) is 3.64. The fourth-order valence-electron chi connectivity index (χ4n) is 2.51. The lowest BCUT2D eigenvalue weighted by molar-refractivity contribution is -0.118. The fraction of sp³-hybridized carbons (Fsp3) is 0.357. The van der Waals surface area contributed by atoms with E-state index in [1.807, 2.05) is 30.1 Å². The van der Waals surface area contributed by atoms with Crippen molar-refractivity contribution in [2.24, 2.45) is 0 Å². The first-order valence-electron chi connectivity index (χ1n) is 6.67. The summed E-state index contributed by atoms with van der Waals surface area (Å²) in [6.45, 7) is 0.475. The number of hydrogen-bond donors (Lipinski definition) is 1. The summed E-state index contributed by atoms with van der Waals surface area (Å²) in [6.07, 6.45) is 2.44. The molecule has 1 N–H and O–H groups in total. The van der Waals surface area contributed by atoms with E-state index in [2.05, 4.69) is 21.0 Å². The van der Waals surface area contributed by atoms with Gasteiger partial charge in [0, 0.05) is 30.7 Å². The first-order chi connectivity index (χ1) is 9.79. The standard InChI is InChI=1S/C14H16N4OS/c1-15-14-11(16-17-20-14)9-18-12-7-3-2-5-10(12)6-4-8-13(18)19/h2-3,5,7,15H,4,6,8-9H2,1H3. The monoisotopic (exact) mass is 288 g/mol. The summed E-state index contributed by atoms with van der Waals surface area (Å²) in [7, 11) is 1.84. The molecule has 104 valence electrons. The Morgan fingerprint density at radius 3 is 3.05 bits per heavy atom. The second kappa shape index (κ2) is 5.58. The zero-order chi connectivity index (χ0) is 13.9. The van der Waals surface area contributed by atoms with Gasteiger partial charge < -0.3 is 10.2 Å². The van der Waals surface area contributed by atoms with E-state index in [0.29, 0.717) is 13.0 Å². The first kappa shape index (κ1) is 13.1. The Balaban J connectivity index is 1.96. The molecule has 0 atom stereocenters. The quantitative estimate of drug-likeness (QED) is 0.942. The summed E-state index contributed by atoms with van der Waals surface area (Å²) in [5.74, 6) is 0.157. The Morgan fingerprint density at radius 1 is 1.35 bits per heavy atom. The summed E-state index contributed by atoms with van der Waals surface area (Å²) in [6, 6.07) is 8.11. The number of anilines is 2. The van der Waals surface area contributed by atoms with Gasteiger partial charge in [0.15, 0.2) is 0 Å². The van der Waals surface area contributed by atoms with Crippen molar-refractivity contribution in [3.8, 4) is 0 Å². The highest BCUT2D eigenvalue weighted by molar-refractivity contribution is 7.10. The predicted molar refractivity (Wildman–Crippen MR) is 80.0 cm³/mol. The van der Waals surface area contributed by atoms with Crippen LogP contribution in [0.2, 0.25) is 0 Å². The van der Waals surface area contributed by atoms with Crippen LogP contribution in [0.4, 0.5) is 10.7 Å². The van der Waals surface area contributed by atoms with Gasteiger partial charge in [0.1, 0.15) is 10.7 Å². The fourth-order valence-corrected chi connectivity index (χ4v) is 3.03. The molecular weight excluding hydrogens is 272 g/mol. The van der Waals surface area contributed by atoms with Crippen molar-refractivity contribution in [2.45, 2.75) is 25.8 Å². The van der Waals surface area contributed by atoms with Gasteiger partial charge in [0.2, 0.25) is 5.91 Å². The highest BCUT2D eigenvalue weighted by Gasteiger charge is 2.23. The maximum Gasteiger partial charge on any atom is 0.227 e. The number of carbonyl (C=O) groups excluding carboxylic acids is 1. The summed E-state index contributed by atoms with van der Waals surface area (Å²) in [5.41, 5.74) is 3.06. The molecule has 0 unspecified atom stereocenters. The molecule has 3 rings (SSSR count). The topological polar surface area (TPSA) is 58.1 Å². The summed E-state index contributed by atoms with van der Waals surface area (Å²) >= 11 is 1.32. The number of aromatic nitrogens is 2. The van der Waals surface area contributed by atoms with Crippen LogP contribution in [0.15, 0.2) is 24.3 Å². The summed E-state index contributed by atoms with van der Waals surface area (Å²) < 4.78 is 3.95. The molecular formula is C14H16N4OS. The van der Waals surface area contributed by atoms with E-state index in [-0.39, 0.29) is 5.91 Å². The molecule has 1 amide bonds. The number of carbonyl (C=O) groups is 1. The lowest BCUT2D eigenvalue weighted by atomic mass is 10.1. The smallest absolute Gasteiger partial charge is 0.227 e. The van der Waals surface area contributed by atoms with Crippen molar-refractivity contribution >= 4 is 28.1 Å². The molecule has 1 aromatic carbocycles. The number of para-hydroxylation sites is 1. The SMILES string of the molecule is CNc1snnc1CN1C(=O)CCCc2ccccc21. The summed E-state index contributed by atoms with van der Waals surface area (Å²) in [4.78, 5) is 14.2. The second-order valence-electron chi connectivity index (χ2n) is 4.76. The van der Waals surface area contributed by atoms with E-state index < -0.39 is 0 Å². The van der Waals surface area contributed by atoms with Crippen LogP contribution in [0.5, 0.6) is 0 Å². The van der Waals surface area contributed by atoms with E-state index in [0.717, 1.165) is 29.2 Å². The maximum absolute atomic E-state index is 12.4. The third-order valence-electron chi connectivity index (χ3n) is 3.51. The van der Waals surface area contributed by atoms with Crippen molar-refractivity contribution in [3.63, 3.8) is 0 Å². The third kappa shape index (κ3) is 2.38. The largest absolute Gasteiger partial charge is 0.377 e. The molecule has 0 radical (unpaired) electrons. The van der Waals surface area contributed by atoms with Crippen LogP contribution < -0.4 is 10.2 Å². The van der Waals surface area contributed by atoms with Crippen molar-refractivity contribution in [2.75, 3.05) is 17.3 Å². The van der Waals surface area contributed by atoms with E-state index in [1.165, 1.54) is 17.1 Å². The van der Waals surface area contributed by atoms with E-state index >= 15 is 0 Å². The van der Waals surface area contributed by atoms with Gasteiger partial charge in [-0.1, -0.05) is 22.7 Å². The first-order valence-corrected chi connectivity index (χ1v) is 7.44. The van der Waals surface area contributed by atoms with Crippen LogP contribution in [0.1, 0.15) is 24.1 Å². The predicted octanol–water partition coefficient (Wildman–Crippen LogP) is 2.45. The zero-order valence-corrected chi connectivity index (χ0v) is 12.1. The number of nitrogens with zero attached hydrogens (tertiary/aromatic N) is 3. The second-order valence-corrected chi connectivity index (χ2v) is 5.52. The molecule has 0 saturated heterocycles. The number of fused-ring (bicyclic) bond motifs is 1. The number of amides is 1. The van der Waals surface area contributed by atoms with Gasteiger partial charge in [0.05, 0.1) is 6.54 Å². The Bertz CT molecular complexity index is 625. The van der Waals surface area contributed by atoms with Crippen LogP contribution in [0, 0.1) is 0 Å². The molecule has 5 nitrogen and oxygen atoms in total. The van der Waals surface area contributed by atoms with Crippen molar-refractivity contribution < 1.29 is 4.79 Å². The average molecular weight is 288 g/mol. The average Bonchev–Trinajstić information content (AvgIpc) is 2.86. The third-order valence-corrected chi connectivity index (χ3v) is 4.30. The van der Waals surface area contributed by atoms with Crippen molar-refractivity contribution in [3.05, 3.63) is 35.5 Å². The molecule has 1 aliphatic rings. The van der Waals surface area contributed by atoms with E-state index in [1.54, 1.807) is 0 Å². The molecule has 2 aromatic rings. The molecule has 1 aromatic heterocycles. The minimum Gasteiger partial charge on any atom is -0.377 e. The highest BCUT2D eigenvalue weighted by Crippen LogP contribution is 2.29. The van der Waals surface area contributed by atoms with Gasteiger partial charge in [-0.15, -0.1) is 5.10 Å². The van der Waals surface area contributed by atoms with Crippen molar-refractivity contribution in [1.82, 2.24) is 9.59 Å². The van der Waals surface area contributed by atoms with Crippen LogP contribution >= 0.6 is 11.5 Å². The molecule has 0 aliphatic carbocycles. The lowest BCUT2D eigenvalue weighted by Gasteiger charge is -2.22. The molecule has 20 heavy (non-hydrogen) atoms. The van der Waals surface area contributed by atoms with E-state index in [4.69, 9.17) is 0 Å². The number of hydrogen-bond acceptors (Lipinski definition) is 5. The van der Waals surface area contributed by atoms with Gasteiger partial charge in [-0.3, -0.25) is 4.79 Å². The minimum absolute atomic E-state index is 0.157. The zero-order valence-electron chi connectivity index (χ0n) is 11.3. The Labute approximate surface area is 121 Å². The molecule has 2 heterocycles. The molecule has 0 saturated carbocycles. The van der Waals surface area contributed by atoms with Crippen LogP contribution in [0.25, 0.3) is 0 Å². The normalized spacial score (nSPS) is 14.8. The van der Waals surface area contributed by atoms with Gasteiger partial charge in [-0.2, -0.15) is 0 Å². The number of nitrogens with one attached hydrogen (secondary N) is 1. The van der Waals surface area contributed by atoms with Crippen LogP contribution in [-0.2, 0) is 17.8 Å². The molecule has 0 spiro atoms. The Morgan fingerprint density at radius 2 is 2.20 bits per heavy atom. The van der Waals surface area contributed by atoms with Crippen LogP contribution in [-0.4, -0.2) is 22.5 Å². The number of aryl methyl sites for hydroxylation is 1. The van der Waals surface area contributed by atoms with Crippen molar-refractivity contribution in [1.29, 1.82) is 0 Å². The Hall–Kier alpha value is -1.95. The number of benzene rings is 1. The lowest BCUT2D eigenvalue weighted by Crippen LogP contribution is -2.30.